The molecule has 2 atom stereocenters. The Labute approximate surface area is 165 Å². The third-order valence-corrected chi connectivity index (χ3v) is 7.77. The van der Waals surface area contributed by atoms with Crippen LogP contribution in [0.15, 0.2) is 30.3 Å². The van der Waals surface area contributed by atoms with Crippen molar-refractivity contribution in [1.82, 2.24) is 9.80 Å². The lowest BCUT2D eigenvalue weighted by molar-refractivity contribution is -0.150. The van der Waals surface area contributed by atoms with Crippen molar-refractivity contribution in [2.75, 3.05) is 31.7 Å². The number of hydrogen-bond acceptors (Lipinski definition) is 5. The van der Waals surface area contributed by atoms with Crippen LogP contribution in [-0.4, -0.2) is 65.0 Å². The van der Waals surface area contributed by atoms with Gasteiger partial charge in [0, 0.05) is 37.8 Å². The van der Waals surface area contributed by atoms with Gasteiger partial charge in [0.15, 0.2) is 0 Å². The number of esters is 1. The molecule has 1 amide bonds. The highest BCUT2D eigenvalue weighted by Crippen LogP contribution is 2.45. The number of carbonyl (C=O) groups is 2. The van der Waals surface area contributed by atoms with Crippen LogP contribution in [-0.2, 0) is 20.9 Å². The summed E-state index contributed by atoms with van der Waals surface area (Å²) in [6.45, 7) is 2.49. The van der Waals surface area contributed by atoms with Crippen LogP contribution in [0.2, 0.25) is 0 Å². The number of benzene rings is 1. The van der Waals surface area contributed by atoms with E-state index in [9.17, 15) is 9.59 Å². The monoisotopic (exact) mass is 388 g/mol. The summed E-state index contributed by atoms with van der Waals surface area (Å²) < 4.78 is 5.10. The molecule has 1 aromatic carbocycles. The fraction of sp³-hybridized carbons (Fsp3) is 0.619. The van der Waals surface area contributed by atoms with E-state index in [0.717, 1.165) is 31.5 Å². The molecule has 3 aliphatic rings. The highest BCUT2D eigenvalue weighted by Gasteiger charge is 2.57. The third kappa shape index (κ3) is 3.49. The standard InChI is InChI=1S/C21H28N2O3S/c1-26-20(25)18-13-19(24)23(14-16-5-3-2-4-6-16)21(18)8-10-22(11-9-21)17-7-12-27-15-17/h2-6,17-18H,7-15H2,1H3. The fourth-order valence-electron chi connectivity index (χ4n) is 5.07. The van der Waals surface area contributed by atoms with Crippen LogP contribution in [0, 0.1) is 5.92 Å². The molecular formula is C21H28N2O3S. The summed E-state index contributed by atoms with van der Waals surface area (Å²) in [5, 5.41) is 0. The van der Waals surface area contributed by atoms with Crippen molar-refractivity contribution >= 4 is 23.6 Å². The second-order valence-electron chi connectivity index (χ2n) is 7.90. The smallest absolute Gasteiger partial charge is 0.311 e. The van der Waals surface area contributed by atoms with Crippen LogP contribution in [0.5, 0.6) is 0 Å². The Balaban J connectivity index is 1.57. The van der Waals surface area contributed by atoms with Crippen LogP contribution in [0.1, 0.15) is 31.2 Å². The molecule has 4 rings (SSSR count). The first-order chi connectivity index (χ1) is 13.1. The number of amides is 1. The van der Waals surface area contributed by atoms with Crippen molar-refractivity contribution in [3.63, 3.8) is 0 Å². The lowest BCUT2D eigenvalue weighted by atomic mass is 9.76. The molecule has 0 aliphatic carbocycles. The van der Waals surface area contributed by atoms with Gasteiger partial charge < -0.3 is 9.64 Å². The number of ether oxygens (including phenoxy) is 1. The molecule has 146 valence electrons. The largest absolute Gasteiger partial charge is 0.469 e. The number of thioether (sulfide) groups is 1. The Morgan fingerprint density at radius 2 is 2.00 bits per heavy atom. The lowest BCUT2D eigenvalue weighted by Gasteiger charge is -2.48. The van der Waals surface area contributed by atoms with Gasteiger partial charge in [-0.2, -0.15) is 11.8 Å². The number of nitrogens with zero attached hydrogens (tertiary/aromatic N) is 2. The molecule has 0 aromatic heterocycles. The molecule has 0 N–H and O–H groups in total. The molecule has 1 spiro atoms. The maximum atomic E-state index is 12.9. The second kappa shape index (κ2) is 7.84. The van der Waals surface area contributed by atoms with E-state index >= 15 is 0 Å². The molecule has 3 saturated heterocycles. The molecule has 1 aromatic rings. The highest BCUT2D eigenvalue weighted by atomic mass is 32.2. The SMILES string of the molecule is COC(=O)C1CC(=O)N(Cc2ccccc2)C12CCN(C1CCSC1)CC2. The van der Waals surface area contributed by atoms with E-state index in [-0.39, 0.29) is 24.2 Å². The van der Waals surface area contributed by atoms with Crippen molar-refractivity contribution < 1.29 is 14.3 Å². The molecule has 0 bridgehead atoms. The van der Waals surface area contributed by atoms with Crippen LogP contribution in [0.3, 0.4) is 0 Å². The normalized spacial score (nSPS) is 28.0. The Morgan fingerprint density at radius 1 is 1.26 bits per heavy atom. The predicted octanol–water partition coefficient (Wildman–Crippen LogP) is 2.55. The topological polar surface area (TPSA) is 49.9 Å². The summed E-state index contributed by atoms with van der Waals surface area (Å²) in [7, 11) is 1.44. The Morgan fingerprint density at radius 3 is 2.63 bits per heavy atom. The van der Waals surface area contributed by atoms with Gasteiger partial charge in [0.05, 0.1) is 18.6 Å². The van der Waals surface area contributed by atoms with Crippen LogP contribution < -0.4 is 0 Å². The summed E-state index contributed by atoms with van der Waals surface area (Å²) in [4.78, 5) is 30.0. The van der Waals surface area contributed by atoms with Gasteiger partial charge in [-0.25, -0.2) is 0 Å². The maximum Gasteiger partial charge on any atom is 0.311 e. The van der Waals surface area contributed by atoms with Crippen molar-refractivity contribution in [1.29, 1.82) is 0 Å². The minimum atomic E-state index is -0.401. The predicted molar refractivity (Wildman–Crippen MR) is 106 cm³/mol. The van der Waals surface area contributed by atoms with Gasteiger partial charge >= 0.3 is 5.97 Å². The van der Waals surface area contributed by atoms with E-state index in [2.05, 4.69) is 17.0 Å². The summed E-state index contributed by atoms with van der Waals surface area (Å²) in [6, 6.07) is 10.7. The Hall–Kier alpha value is -1.53. The minimum Gasteiger partial charge on any atom is -0.469 e. The average Bonchev–Trinajstić information content (AvgIpc) is 3.32. The number of carbonyl (C=O) groups excluding carboxylic acids is 2. The molecular weight excluding hydrogens is 360 g/mol. The van der Waals surface area contributed by atoms with Crippen LogP contribution in [0.25, 0.3) is 0 Å². The molecule has 0 saturated carbocycles. The van der Waals surface area contributed by atoms with Gasteiger partial charge in [-0.3, -0.25) is 14.5 Å². The van der Waals surface area contributed by atoms with E-state index in [0.29, 0.717) is 12.6 Å². The summed E-state index contributed by atoms with van der Waals surface area (Å²) in [5.74, 6) is 1.96. The number of hydrogen-bond donors (Lipinski definition) is 0. The van der Waals surface area contributed by atoms with Crippen molar-refractivity contribution in [3.05, 3.63) is 35.9 Å². The summed E-state index contributed by atoms with van der Waals surface area (Å²) in [6.07, 6.45) is 3.24. The molecule has 0 radical (unpaired) electrons. The van der Waals surface area contributed by atoms with Crippen LogP contribution in [0.4, 0.5) is 0 Å². The summed E-state index contributed by atoms with van der Waals surface area (Å²) >= 11 is 2.03. The molecule has 6 heteroatoms. The van der Waals surface area contributed by atoms with Gasteiger partial charge in [-0.05, 0) is 30.6 Å². The lowest BCUT2D eigenvalue weighted by Crippen LogP contribution is -2.58. The van der Waals surface area contributed by atoms with Crippen molar-refractivity contribution in [3.8, 4) is 0 Å². The van der Waals surface area contributed by atoms with Crippen LogP contribution >= 0.6 is 11.8 Å². The molecule has 3 heterocycles. The number of rotatable bonds is 4. The molecule has 5 nitrogen and oxygen atoms in total. The summed E-state index contributed by atoms with van der Waals surface area (Å²) in [5.41, 5.74) is 0.716. The zero-order valence-corrected chi connectivity index (χ0v) is 16.7. The molecule has 2 unspecified atom stereocenters. The maximum absolute atomic E-state index is 12.9. The fourth-order valence-corrected chi connectivity index (χ4v) is 6.33. The Kier molecular flexibility index (Phi) is 5.46. The van der Waals surface area contributed by atoms with Gasteiger partial charge in [-0.15, -0.1) is 0 Å². The molecule has 3 fully saturated rings. The number of piperidine rings is 1. The Bertz CT molecular complexity index is 682. The average molecular weight is 389 g/mol. The van der Waals surface area contributed by atoms with E-state index in [1.807, 2.05) is 34.9 Å². The quantitative estimate of drug-likeness (QED) is 0.742. The zero-order valence-electron chi connectivity index (χ0n) is 15.9. The molecule has 3 aliphatic heterocycles. The first kappa shape index (κ1) is 18.8. The zero-order chi connectivity index (χ0) is 18.9. The van der Waals surface area contributed by atoms with Gasteiger partial charge in [0.25, 0.3) is 0 Å². The number of likely N-dealkylation sites (tertiary alicyclic amines) is 2. The van der Waals surface area contributed by atoms with E-state index in [1.54, 1.807) is 0 Å². The van der Waals surface area contributed by atoms with Crippen molar-refractivity contribution in [2.45, 2.75) is 43.8 Å². The van der Waals surface area contributed by atoms with Gasteiger partial charge in [0.2, 0.25) is 5.91 Å². The highest BCUT2D eigenvalue weighted by molar-refractivity contribution is 7.99. The van der Waals surface area contributed by atoms with E-state index in [1.165, 1.54) is 25.0 Å². The first-order valence-corrected chi connectivity index (χ1v) is 11.0. The second-order valence-corrected chi connectivity index (χ2v) is 9.05. The number of methoxy groups -OCH3 is 1. The third-order valence-electron chi connectivity index (χ3n) is 6.62. The van der Waals surface area contributed by atoms with Crippen molar-refractivity contribution in [2.24, 2.45) is 5.92 Å². The van der Waals surface area contributed by atoms with E-state index < -0.39 is 5.54 Å². The molecule has 27 heavy (non-hydrogen) atoms. The minimum absolute atomic E-state index is 0.0825. The first-order valence-electron chi connectivity index (χ1n) is 9.88. The van der Waals surface area contributed by atoms with Gasteiger partial charge in [0.1, 0.15) is 0 Å². The van der Waals surface area contributed by atoms with Gasteiger partial charge in [-0.1, -0.05) is 30.3 Å². The van der Waals surface area contributed by atoms with E-state index in [4.69, 9.17) is 4.74 Å².